The second-order valence-electron chi connectivity index (χ2n) is 6.24. The topological polar surface area (TPSA) is 32.3 Å². The number of thioether (sulfide) groups is 1. The normalized spacial score (nSPS) is 17.4. The molecule has 0 bridgehead atoms. The van der Waals surface area contributed by atoms with Crippen LogP contribution in [0.1, 0.15) is 27.6 Å². The van der Waals surface area contributed by atoms with Crippen LogP contribution in [-0.2, 0) is 6.18 Å². The van der Waals surface area contributed by atoms with Gasteiger partial charge in [-0.1, -0.05) is 30.3 Å². The molecule has 1 atom stereocenters. The number of benzene rings is 2. The van der Waals surface area contributed by atoms with E-state index in [9.17, 15) is 18.0 Å². The number of carbonyl (C=O) groups excluding carboxylic acids is 1. The molecule has 0 radical (unpaired) electrons. The smallest absolute Gasteiger partial charge is 0.308 e. The van der Waals surface area contributed by atoms with E-state index in [1.807, 2.05) is 32.0 Å². The Balaban J connectivity index is 1.83. The Morgan fingerprint density at radius 3 is 2.46 bits per heavy atom. The van der Waals surface area contributed by atoms with Gasteiger partial charge in [0.15, 0.2) is 0 Å². The standard InChI is InChI=1S/C19H19F3N2OS/c1-12-5-3-6-13(2)16(12)23-18(25)24-9-10-26-17(24)14-7-4-8-15(11-14)19(20,21)22/h3-8,11,17H,9-10H2,1-2H3,(H,23,25)/t17-/m1/s1. The summed E-state index contributed by atoms with van der Waals surface area (Å²) in [6, 6.07) is 10.6. The molecule has 2 amide bonds. The van der Waals surface area contributed by atoms with Crippen molar-refractivity contribution in [2.45, 2.75) is 25.4 Å². The third-order valence-corrected chi connectivity index (χ3v) is 5.62. The summed E-state index contributed by atoms with van der Waals surface area (Å²) in [6.45, 7) is 4.31. The van der Waals surface area contributed by atoms with Crippen molar-refractivity contribution < 1.29 is 18.0 Å². The Labute approximate surface area is 154 Å². The molecule has 7 heteroatoms. The summed E-state index contributed by atoms with van der Waals surface area (Å²) < 4.78 is 39.0. The molecule has 1 heterocycles. The lowest BCUT2D eigenvalue weighted by atomic mass is 10.1. The molecular weight excluding hydrogens is 361 g/mol. The number of aryl methyl sites for hydroxylation is 2. The maximum absolute atomic E-state index is 13.0. The molecule has 2 aromatic rings. The summed E-state index contributed by atoms with van der Waals surface area (Å²) in [7, 11) is 0. The van der Waals surface area contributed by atoms with Crippen molar-refractivity contribution in [3.8, 4) is 0 Å². The number of hydrogen-bond donors (Lipinski definition) is 1. The zero-order valence-electron chi connectivity index (χ0n) is 14.4. The van der Waals surface area contributed by atoms with Crippen LogP contribution in [0.25, 0.3) is 0 Å². The molecular formula is C19H19F3N2OS. The summed E-state index contributed by atoms with van der Waals surface area (Å²) in [5.74, 6) is 0.682. The van der Waals surface area contributed by atoms with E-state index >= 15 is 0 Å². The second-order valence-corrected chi connectivity index (χ2v) is 7.42. The van der Waals surface area contributed by atoms with E-state index in [-0.39, 0.29) is 6.03 Å². The number of alkyl halides is 3. The van der Waals surface area contributed by atoms with Gasteiger partial charge >= 0.3 is 12.2 Å². The van der Waals surface area contributed by atoms with Gasteiger partial charge in [0.05, 0.1) is 5.56 Å². The van der Waals surface area contributed by atoms with Crippen LogP contribution in [0.2, 0.25) is 0 Å². The van der Waals surface area contributed by atoms with Crippen LogP contribution in [-0.4, -0.2) is 23.2 Å². The van der Waals surface area contributed by atoms with Crippen LogP contribution < -0.4 is 5.32 Å². The summed E-state index contributed by atoms with van der Waals surface area (Å²) in [6.07, 6.45) is -4.40. The number of carbonyl (C=O) groups is 1. The first-order valence-corrected chi connectivity index (χ1v) is 9.25. The lowest BCUT2D eigenvalue weighted by molar-refractivity contribution is -0.137. The van der Waals surface area contributed by atoms with Gasteiger partial charge in [-0.2, -0.15) is 13.2 Å². The highest BCUT2D eigenvalue weighted by Crippen LogP contribution is 2.40. The number of anilines is 1. The minimum absolute atomic E-state index is 0.296. The molecule has 3 nitrogen and oxygen atoms in total. The van der Waals surface area contributed by atoms with Gasteiger partial charge in [-0.3, -0.25) is 0 Å². The number of rotatable bonds is 2. The lowest BCUT2D eigenvalue weighted by Crippen LogP contribution is -2.34. The molecule has 138 valence electrons. The van der Waals surface area contributed by atoms with E-state index < -0.39 is 17.1 Å². The van der Waals surface area contributed by atoms with Crippen molar-refractivity contribution in [3.63, 3.8) is 0 Å². The third-order valence-electron chi connectivity index (χ3n) is 4.36. The van der Waals surface area contributed by atoms with Crippen LogP contribution in [0.4, 0.5) is 23.7 Å². The molecule has 2 aromatic carbocycles. The Morgan fingerprint density at radius 1 is 1.15 bits per heavy atom. The molecule has 26 heavy (non-hydrogen) atoms. The maximum Gasteiger partial charge on any atom is 0.416 e. The molecule has 0 unspecified atom stereocenters. The average Bonchev–Trinajstić information content (AvgIpc) is 3.07. The zero-order chi connectivity index (χ0) is 18.9. The molecule has 0 aromatic heterocycles. The van der Waals surface area contributed by atoms with Gasteiger partial charge < -0.3 is 10.2 Å². The van der Waals surface area contributed by atoms with Gasteiger partial charge in [0.25, 0.3) is 0 Å². The fourth-order valence-electron chi connectivity index (χ4n) is 3.01. The Kier molecular flexibility index (Phi) is 5.18. The number of nitrogens with zero attached hydrogens (tertiary/aromatic N) is 1. The molecule has 0 spiro atoms. The monoisotopic (exact) mass is 380 g/mol. The first kappa shape index (κ1) is 18.6. The highest BCUT2D eigenvalue weighted by Gasteiger charge is 2.34. The summed E-state index contributed by atoms with van der Waals surface area (Å²) >= 11 is 1.47. The van der Waals surface area contributed by atoms with Crippen LogP contribution >= 0.6 is 11.8 Å². The average molecular weight is 380 g/mol. The van der Waals surface area contributed by atoms with Crippen molar-refractivity contribution in [3.05, 3.63) is 64.7 Å². The van der Waals surface area contributed by atoms with Gasteiger partial charge in [0.1, 0.15) is 5.37 Å². The number of urea groups is 1. The summed E-state index contributed by atoms with van der Waals surface area (Å²) in [5.41, 5.74) is 2.43. The molecule has 0 saturated carbocycles. The van der Waals surface area contributed by atoms with Gasteiger partial charge in [0.2, 0.25) is 0 Å². The molecule has 0 aliphatic carbocycles. The molecule has 3 rings (SSSR count). The Bertz CT molecular complexity index is 802. The van der Waals surface area contributed by atoms with Crippen LogP contribution in [0.5, 0.6) is 0 Å². The molecule has 1 N–H and O–H groups in total. The predicted molar refractivity (Wildman–Crippen MR) is 98.3 cm³/mol. The molecule has 1 saturated heterocycles. The highest BCUT2D eigenvalue weighted by molar-refractivity contribution is 7.99. The minimum Gasteiger partial charge on any atom is -0.308 e. The van der Waals surface area contributed by atoms with Gasteiger partial charge in [-0.15, -0.1) is 11.8 Å². The SMILES string of the molecule is Cc1cccc(C)c1NC(=O)N1CCS[C@@H]1c1cccc(C(F)(F)F)c1. The van der Waals surface area contributed by atoms with Crippen molar-refractivity contribution in [2.24, 2.45) is 0 Å². The van der Waals surface area contributed by atoms with Crippen LogP contribution in [0.15, 0.2) is 42.5 Å². The first-order chi connectivity index (χ1) is 12.3. The quantitative estimate of drug-likeness (QED) is 0.735. The van der Waals surface area contributed by atoms with Gasteiger partial charge in [-0.25, -0.2) is 4.79 Å². The number of hydrogen-bond acceptors (Lipinski definition) is 2. The number of nitrogens with one attached hydrogen (secondary N) is 1. The summed E-state index contributed by atoms with van der Waals surface area (Å²) in [4.78, 5) is 14.4. The maximum atomic E-state index is 13.0. The molecule has 1 aliphatic rings. The highest BCUT2D eigenvalue weighted by atomic mass is 32.2. The van der Waals surface area contributed by atoms with Crippen molar-refractivity contribution in [2.75, 3.05) is 17.6 Å². The van der Waals surface area contributed by atoms with Gasteiger partial charge in [0, 0.05) is 18.0 Å². The number of halogens is 3. The Hall–Kier alpha value is -2.15. The molecule has 1 aliphatic heterocycles. The van der Waals surface area contributed by atoms with Crippen molar-refractivity contribution in [1.82, 2.24) is 4.90 Å². The van der Waals surface area contributed by atoms with E-state index in [0.717, 1.165) is 28.9 Å². The minimum atomic E-state index is -4.40. The van der Waals surface area contributed by atoms with Crippen LogP contribution in [0.3, 0.4) is 0 Å². The summed E-state index contributed by atoms with van der Waals surface area (Å²) in [5, 5.41) is 2.49. The van der Waals surface area contributed by atoms with Crippen molar-refractivity contribution in [1.29, 1.82) is 0 Å². The van der Waals surface area contributed by atoms with Crippen LogP contribution in [0, 0.1) is 13.8 Å². The number of amides is 2. The number of para-hydroxylation sites is 1. The fourth-order valence-corrected chi connectivity index (χ4v) is 4.26. The second kappa shape index (κ2) is 7.23. The largest absolute Gasteiger partial charge is 0.416 e. The van der Waals surface area contributed by atoms with E-state index in [1.54, 1.807) is 11.0 Å². The van der Waals surface area contributed by atoms with E-state index in [4.69, 9.17) is 0 Å². The first-order valence-electron chi connectivity index (χ1n) is 8.20. The van der Waals surface area contributed by atoms with Gasteiger partial charge in [-0.05, 0) is 42.7 Å². The fraction of sp³-hybridized carbons (Fsp3) is 0.316. The predicted octanol–water partition coefficient (Wildman–Crippen LogP) is 5.60. The van der Waals surface area contributed by atoms with E-state index in [0.29, 0.717) is 17.9 Å². The molecule has 1 fully saturated rings. The third kappa shape index (κ3) is 3.82. The van der Waals surface area contributed by atoms with E-state index in [2.05, 4.69) is 5.32 Å². The van der Waals surface area contributed by atoms with Crippen molar-refractivity contribution >= 4 is 23.5 Å². The Morgan fingerprint density at radius 2 is 1.81 bits per heavy atom. The zero-order valence-corrected chi connectivity index (χ0v) is 15.2. The lowest BCUT2D eigenvalue weighted by Gasteiger charge is -2.25. The van der Waals surface area contributed by atoms with E-state index in [1.165, 1.54) is 17.8 Å².